The van der Waals surface area contributed by atoms with Crippen LogP contribution in [0.15, 0.2) is 24.3 Å². The average molecular weight is 419 g/mol. The van der Waals surface area contributed by atoms with E-state index in [-0.39, 0.29) is 17.4 Å². The normalized spacial score (nSPS) is 18.7. The lowest BCUT2D eigenvalue weighted by Gasteiger charge is -2.33. The molecule has 0 spiro atoms. The molecule has 2 aliphatic rings. The van der Waals surface area contributed by atoms with Crippen LogP contribution in [-0.2, 0) is 16.1 Å². The first-order valence-electron chi connectivity index (χ1n) is 11.1. The van der Waals surface area contributed by atoms with E-state index in [1.54, 1.807) is 7.11 Å². The number of hydrogen-bond acceptors (Lipinski definition) is 3. The van der Waals surface area contributed by atoms with Gasteiger partial charge in [0.25, 0.3) is 11.8 Å². The highest BCUT2D eigenvalue weighted by molar-refractivity contribution is 5.78. The Labute approximate surface area is 180 Å². The van der Waals surface area contributed by atoms with Gasteiger partial charge in [-0.05, 0) is 45.0 Å². The molecule has 1 aliphatic heterocycles. The molecule has 0 bridgehead atoms. The maximum absolute atomic E-state index is 12.9. The molecular weight excluding hydrogens is 380 g/mol. The molecule has 2 amide bonds. The number of benzene rings is 1. The quantitative estimate of drug-likeness (QED) is 0.501. The Morgan fingerprint density at radius 3 is 2.33 bits per heavy atom. The Hall–Kier alpha value is -2.12. The molecule has 1 aromatic carbocycles. The number of methoxy groups -OCH3 is 1. The summed E-state index contributed by atoms with van der Waals surface area (Å²) in [5.74, 6) is 1.18. The first-order chi connectivity index (χ1) is 14.2. The average Bonchev–Trinajstić information content (AvgIpc) is 3.52. The smallest absolute Gasteiger partial charge is 0.278 e. The van der Waals surface area contributed by atoms with Crippen LogP contribution in [0.2, 0.25) is 0 Å². The highest BCUT2D eigenvalue weighted by atomic mass is 16.5. The minimum Gasteiger partial charge on any atom is -0.497 e. The van der Waals surface area contributed by atoms with Crippen molar-refractivity contribution in [1.82, 2.24) is 10.2 Å². The molecule has 1 saturated carbocycles. The number of quaternary nitrogens is 2. The number of carbonyl (C=O) groups excluding carboxylic acids is 2. The molecule has 3 N–H and O–H groups in total. The zero-order chi connectivity index (χ0) is 21.7. The zero-order valence-corrected chi connectivity index (χ0v) is 18.9. The van der Waals surface area contributed by atoms with E-state index in [2.05, 4.69) is 17.4 Å². The van der Waals surface area contributed by atoms with Crippen LogP contribution in [0.4, 0.5) is 0 Å². The second-order valence-electron chi connectivity index (χ2n) is 9.74. The molecule has 1 atom stereocenters. The van der Waals surface area contributed by atoms with Crippen LogP contribution in [0.3, 0.4) is 0 Å². The van der Waals surface area contributed by atoms with E-state index >= 15 is 0 Å². The van der Waals surface area contributed by atoms with Gasteiger partial charge in [-0.2, -0.15) is 0 Å². The predicted octanol–water partition coefficient (Wildman–Crippen LogP) is -1.12. The van der Waals surface area contributed by atoms with Crippen LogP contribution >= 0.6 is 0 Å². The molecule has 1 unspecified atom stereocenters. The van der Waals surface area contributed by atoms with Crippen molar-refractivity contribution in [2.45, 2.75) is 51.7 Å². The van der Waals surface area contributed by atoms with Gasteiger partial charge in [0, 0.05) is 23.9 Å². The van der Waals surface area contributed by atoms with Gasteiger partial charge in [0.2, 0.25) is 0 Å². The number of hydrogen-bond donors (Lipinski definition) is 3. The fraction of sp³-hybridized carbons (Fsp3) is 0.652. The Morgan fingerprint density at radius 1 is 1.17 bits per heavy atom. The van der Waals surface area contributed by atoms with Crippen molar-refractivity contribution in [3.05, 3.63) is 29.8 Å². The number of ether oxygens (including phenoxy) is 1. The summed E-state index contributed by atoms with van der Waals surface area (Å²) in [5, 5.41) is 3.02. The van der Waals surface area contributed by atoms with E-state index in [0.29, 0.717) is 19.1 Å². The first kappa shape index (κ1) is 22.6. The lowest BCUT2D eigenvalue weighted by molar-refractivity contribution is -0.917. The molecule has 1 aromatic rings. The van der Waals surface area contributed by atoms with Crippen LogP contribution < -0.4 is 19.9 Å². The van der Waals surface area contributed by atoms with Crippen molar-refractivity contribution >= 4 is 11.8 Å². The summed E-state index contributed by atoms with van der Waals surface area (Å²) in [6.45, 7) is 11.0. The molecule has 7 nitrogen and oxygen atoms in total. The molecule has 0 aromatic heterocycles. The zero-order valence-electron chi connectivity index (χ0n) is 18.9. The molecule has 30 heavy (non-hydrogen) atoms. The van der Waals surface area contributed by atoms with Crippen LogP contribution in [0.5, 0.6) is 5.75 Å². The molecule has 166 valence electrons. The second-order valence-corrected chi connectivity index (χ2v) is 9.74. The van der Waals surface area contributed by atoms with Gasteiger partial charge in [-0.15, -0.1) is 0 Å². The Balaban J connectivity index is 1.46. The minimum absolute atomic E-state index is 0.0844. The van der Waals surface area contributed by atoms with Gasteiger partial charge in [-0.25, -0.2) is 0 Å². The fourth-order valence-corrected chi connectivity index (χ4v) is 4.09. The van der Waals surface area contributed by atoms with Gasteiger partial charge in [0.15, 0.2) is 13.1 Å². The summed E-state index contributed by atoms with van der Waals surface area (Å²) in [5.41, 5.74) is 1.04. The molecule has 0 radical (unpaired) electrons. The predicted molar refractivity (Wildman–Crippen MR) is 116 cm³/mol. The Kier molecular flexibility index (Phi) is 7.36. The van der Waals surface area contributed by atoms with E-state index in [1.165, 1.54) is 28.2 Å². The van der Waals surface area contributed by atoms with E-state index in [9.17, 15) is 9.59 Å². The van der Waals surface area contributed by atoms with Gasteiger partial charge in [0.05, 0.1) is 39.3 Å². The lowest BCUT2D eigenvalue weighted by Crippen LogP contribution is -3.16. The van der Waals surface area contributed by atoms with Gasteiger partial charge in [-0.1, -0.05) is 0 Å². The maximum atomic E-state index is 12.9. The van der Waals surface area contributed by atoms with Crippen LogP contribution in [0.25, 0.3) is 0 Å². The topological polar surface area (TPSA) is 67.5 Å². The largest absolute Gasteiger partial charge is 0.497 e. The third kappa shape index (κ3) is 6.99. The minimum atomic E-state index is -0.201. The van der Waals surface area contributed by atoms with Crippen LogP contribution in [0, 0.1) is 0 Å². The number of nitrogens with zero attached hydrogens (tertiary/aromatic N) is 1. The summed E-state index contributed by atoms with van der Waals surface area (Å²) < 4.78 is 5.24. The third-order valence-electron chi connectivity index (χ3n) is 5.87. The Morgan fingerprint density at radius 2 is 1.80 bits per heavy atom. The lowest BCUT2D eigenvalue weighted by atomic mass is 10.1. The molecule has 2 fully saturated rings. The van der Waals surface area contributed by atoms with Gasteiger partial charge in [0.1, 0.15) is 12.3 Å². The van der Waals surface area contributed by atoms with E-state index in [0.717, 1.165) is 38.5 Å². The molecule has 7 heteroatoms. The van der Waals surface area contributed by atoms with Gasteiger partial charge >= 0.3 is 0 Å². The number of piperazine rings is 1. The number of carbonyl (C=O) groups is 2. The van der Waals surface area contributed by atoms with E-state index < -0.39 is 0 Å². The van der Waals surface area contributed by atoms with Crippen molar-refractivity contribution in [3.8, 4) is 5.75 Å². The fourth-order valence-electron chi connectivity index (χ4n) is 4.09. The number of rotatable bonds is 8. The monoisotopic (exact) mass is 418 g/mol. The summed E-state index contributed by atoms with van der Waals surface area (Å²) in [4.78, 5) is 29.7. The Bertz CT molecular complexity index is 717. The second kappa shape index (κ2) is 9.79. The molecule has 1 heterocycles. The van der Waals surface area contributed by atoms with Crippen LogP contribution in [-0.4, -0.2) is 74.7 Å². The number of nitrogens with one attached hydrogen (secondary N) is 3. The highest BCUT2D eigenvalue weighted by Gasteiger charge is 2.36. The van der Waals surface area contributed by atoms with Gasteiger partial charge in [-0.3, -0.25) is 9.59 Å². The van der Waals surface area contributed by atoms with Crippen LogP contribution in [0.1, 0.15) is 39.2 Å². The summed E-state index contributed by atoms with van der Waals surface area (Å²) >= 11 is 0. The molecule has 1 saturated heterocycles. The highest BCUT2D eigenvalue weighted by Crippen LogP contribution is 2.16. The van der Waals surface area contributed by atoms with Crippen molar-refractivity contribution < 1.29 is 24.1 Å². The first-order valence-corrected chi connectivity index (χ1v) is 11.1. The summed E-state index contributed by atoms with van der Waals surface area (Å²) in [6, 6.07) is 8.76. The molecule has 3 rings (SSSR count). The van der Waals surface area contributed by atoms with Crippen molar-refractivity contribution in [3.63, 3.8) is 0 Å². The van der Waals surface area contributed by atoms with Crippen molar-refractivity contribution in [2.75, 3.05) is 46.4 Å². The number of amides is 2. The standard InChI is InChI=1S/C23H36N4O3/c1-23(2,3)24-21(28)16-25-11-13-26(14-12-25)22(29)17-27(19-7-8-19)15-18-5-9-20(30-4)10-6-18/h5-6,9-10,19H,7-8,11-17H2,1-4H3,(H,24,28)/p+2. The van der Waals surface area contributed by atoms with Crippen molar-refractivity contribution in [1.29, 1.82) is 0 Å². The summed E-state index contributed by atoms with van der Waals surface area (Å²) in [7, 11) is 1.67. The van der Waals surface area contributed by atoms with E-state index in [1.807, 2.05) is 37.8 Å². The van der Waals surface area contributed by atoms with Gasteiger partial charge < -0.3 is 24.8 Å². The maximum Gasteiger partial charge on any atom is 0.278 e. The molecule has 1 aliphatic carbocycles. The summed E-state index contributed by atoms with van der Waals surface area (Å²) in [6.07, 6.45) is 2.42. The van der Waals surface area contributed by atoms with E-state index in [4.69, 9.17) is 4.74 Å². The molecular formula is C23H38N4O3+2. The third-order valence-corrected chi connectivity index (χ3v) is 5.87. The van der Waals surface area contributed by atoms with Crippen molar-refractivity contribution in [2.24, 2.45) is 0 Å². The SMILES string of the molecule is COc1ccc(C[NH+](CC(=O)N2CC[NH+](CC(=O)NC(C)(C)C)CC2)C2CC2)cc1.